The van der Waals surface area contributed by atoms with Crippen molar-refractivity contribution in [3.8, 4) is 0 Å². The fourth-order valence-corrected chi connectivity index (χ4v) is 3.06. The van der Waals surface area contributed by atoms with Crippen LogP contribution in [0.2, 0.25) is 0 Å². The predicted octanol–water partition coefficient (Wildman–Crippen LogP) is 0.741. The van der Waals surface area contributed by atoms with Gasteiger partial charge in [-0.3, -0.25) is 0 Å². The van der Waals surface area contributed by atoms with Crippen molar-refractivity contribution in [1.82, 2.24) is 5.32 Å². The molecule has 104 valence electrons. The van der Waals surface area contributed by atoms with E-state index in [0.717, 1.165) is 25.7 Å². The zero-order chi connectivity index (χ0) is 13.4. The van der Waals surface area contributed by atoms with Crippen LogP contribution in [0.1, 0.15) is 25.7 Å². The topological polar surface area (TPSA) is 75.6 Å². The van der Waals surface area contributed by atoms with Gasteiger partial charge in [-0.2, -0.15) is 0 Å². The summed E-state index contributed by atoms with van der Waals surface area (Å²) in [6.45, 7) is 0.740. The molecule has 0 saturated heterocycles. The van der Waals surface area contributed by atoms with Crippen molar-refractivity contribution in [3.05, 3.63) is 11.5 Å². The molecule has 18 heavy (non-hydrogen) atoms. The van der Waals surface area contributed by atoms with Gasteiger partial charge in [0.1, 0.15) is 0 Å². The first-order valence-electron chi connectivity index (χ1n) is 5.98. The summed E-state index contributed by atoms with van der Waals surface area (Å²) >= 11 is 4.96. The van der Waals surface area contributed by atoms with Crippen molar-refractivity contribution < 1.29 is 18.3 Å². The number of thiocarbonyl (C=S) groups is 1. The first kappa shape index (κ1) is 15.4. The molecule has 0 aromatic heterocycles. The van der Waals surface area contributed by atoms with Gasteiger partial charge in [-0.05, 0) is 37.6 Å². The molecule has 2 N–H and O–H groups in total. The van der Waals surface area contributed by atoms with Crippen LogP contribution in [0.25, 0.3) is 0 Å². The van der Waals surface area contributed by atoms with Crippen molar-refractivity contribution in [2.75, 3.05) is 19.0 Å². The maximum absolute atomic E-state index is 11.2. The summed E-state index contributed by atoms with van der Waals surface area (Å²) in [5, 5.41) is 12.9. The molecule has 0 aromatic rings. The fraction of sp³-hybridized carbons (Fsp3) is 0.727. The van der Waals surface area contributed by atoms with E-state index in [1.54, 1.807) is 6.08 Å². The molecule has 1 rings (SSSR count). The van der Waals surface area contributed by atoms with Crippen LogP contribution < -0.4 is 5.32 Å². The summed E-state index contributed by atoms with van der Waals surface area (Å²) in [6.07, 6.45) is 5.23. The minimum absolute atomic E-state index is 0.0347. The second-order valence-electron chi connectivity index (χ2n) is 4.18. The molecule has 0 aromatic carbocycles. The number of hydrogen-bond donors (Lipinski definition) is 2. The summed E-state index contributed by atoms with van der Waals surface area (Å²) in [4.78, 5) is 0. The molecule has 7 heteroatoms. The third-order valence-electron chi connectivity index (χ3n) is 2.52. The number of aliphatic hydroxyl groups is 1. The lowest BCUT2D eigenvalue weighted by atomic mass is 10.2. The van der Waals surface area contributed by atoms with E-state index in [4.69, 9.17) is 22.1 Å². The number of sulfone groups is 1. The number of hydrogen-bond acceptors (Lipinski definition) is 5. The molecule has 5 nitrogen and oxygen atoms in total. The standard InChI is InChI=1S/C11H19NO4S2/c13-6-3-1-2-4-7-16-11(17)12-10-5-8-18(14,15)9-10/h5,8,10,13H,1-4,6-7,9H2,(H,12,17)/t10-/m1/s1. The average Bonchev–Trinajstić information content (AvgIpc) is 2.63. The third kappa shape index (κ3) is 6.32. The van der Waals surface area contributed by atoms with Gasteiger partial charge in [-0.15, -0.1) is 0 Å². The maximum atomic E-state index is 11.2. The lowest BCUT2D eigenvalue weighted by molar-refractivity contribution is 0.267. The highest BCUT2D eigenvalue weighted by Gasteiger charge is 2.22. The molecule has 1 atom stereocenters. The van der Waals surface area contributed by atoms with Crippen LogP contribution >= 0.6 is 12.2 Å². The Bertz CT molecular complexity index is 392. The van der Waals surface area contributed by atoms with Gasteiger partial charge in [-0.25, -0.2) is 8.42 Å². The van der Waals surface area contributed by atoms with Crippen molar-refractivity contribution in [3.63, 3.8) is 0 Å². The van der Waals surface area contributed by atoms with E-state index < -0.39 is 9.84 Å². The molecule has 0 amide bonds. The van der Waals surface area contributed by atoms with Crippen LogP contribution in [0.5, 0.6) is 0 Å². The fourth-order valence-electron chi connectivity index (χ4n) is 1.59. The van der Waals surface area contributed by atoms with E-state index in [-0.39, 0.29) is 23.6 Å². The largest absolute Gasteiger partial charge is 0.471 e. The Kier molecular flexibility index (Phi) is 6.59. The summed E-state index contributed by atoms with van der Waals surface area (Å²) in [6, 6.07) is -0.281. The molecular weight excluding hydrogens is 274 g/mol. The molecular formula is C11H19NO4S2. The van der Waals surface area contributed by atoms with Crippen LogP contribution in [0.15, 0.2) is 11.5 Å². The lowest BCUT2D eigenvalue weighted by Crippen LogP contribution is -2.35. The van der Waals surface area contributed by atoms with Crippen LogP contribution in [0.3, 0.4) is 0 Å². The molecule has 0 radical (unpaired) electrons. The monoisotopic (exact) mass is 293 g/mol. The minimum atomic E-state index is -3.06. The van der Waals surface area contributed by atoms with Gasteiger partial charge >= 0.3 is 0 Å². The number of nitrogens with one attached hydrogen (secondary N) is 1. The zero-order valence-corrected chi connectivity index (χ0v) is 11.8. The quantitative estimate of drug-likeness (QED) is 0.533. The van der Waals surface area contributed by atoms with E-state index in [9.17, 15) is 8.42 Å². The first-order chi connectivity index (χ1) is 8.53. The van der Waals surface area contributed by atoms with E-state index in [1.807, 2.05) is 0 Å². The molecule has 0 aliphatic carbocycles. The number of unbranched alkanes of at least 4 members (excludes halogenated alkanes) is 3. The van der Waals surface area contributed by atoms with Gasteiger partial charge < -0.3 is 15.2 Å². The Morgan fingerprint density at radius 2 is 2.11 bits per heavy atom. The van der Waals surface area contributed by atoms with E-state index in [1.165, 1.54) is 5.41 Å². The minimum Gasteiger partial charge on any atom is -0.471 e. The van der Waals surface area contributed by atoms with E-state index in [2.05, 4.69) is 5.32 Å². The average molecular weight is 293 g/mol. The number of aliphatic hydroxyl groups excluding tert-OH is 1. The maximum Gasteiger partial charge on any atom is 0.257 e. The highest BCUT2D eigenvalue weighted by Crippen LogP contribution is 2.08. The molecule has 0 fully saturated rings. The van der Waals surface area contributed by atoms with Crippen LogP contribution in [0.4, 0.5) is 0 Å². The highest BCUT2D eigenvalue weighted by molar-refractivity contribution is 7.94. The second kappa shape index (κ2) is 7.70. The smallest absolute Gasteiger partial charge is 0.257 e. The first-order valence-corrected chi connectivity index (χ1v) is 8.11. The summed E-state index contributed by atoms with van der Waals surface area (Å²) < 4.78 is 27.6. The zero-order valence-electron chi connectivity index (χ0n) is 10.2. The Hall–Kier alpha value is -0.660. The van der Waals surface area contributed by atoms with Gasteiger partial charge in [0.05, 0.1) is 18.4 Å². The predicted molar refractivity (Wildman–Crippen MR) is 74.0 cm³/mol. The second-order valence-corrected chi connectivity index (χ2v) is 6.48. The summed E-state index contributed by atoms with van der Waals surface area (Å²) in [5.74, 6) is 0.0347. The molecule has 1 aliphatic heterocycles. The Balaban J connectivity index is 2.06. The SMILES string of the molecule is O=S1(=O)C=C[C@@H](NC(=S)OCCCCCCO)C1. The summed E-state index contributed by atoms with van der Waals surface area (Å²) in [7, 11) is -3.06. The van der Waals surface area contributed by atoms with Crippen molar-refractivity contribution in [2.45, 2.75) is 31.7 Å². The molecule has 0 bridgehead atoms. The lowest BCUT2D eigenvalue weighted by Gasteiger charge is -2.13. The molecule has 1 heterocycles. The van der Waals surface area contributed by atoms with Crippen LogP contribution in [0, 0.1) is 0 Å². The Labute approximate surface area is 113 Å². The van der Waals surface area contributed by atoms with Crippen molar-refractivity contribution >= 4 is 27.2 Å². The van der Waals surface area contributed by atoms with E-state index >= 15 is 0 Å². The normalized spacial score (nSPS) is 20.8. The van der Waals surface area contributed by atoms with Gasteiger partial charge in [0.2, 0.25) is 0 Å². The number of ether oxygens (including phenoxy) is 1. The Morgan fingerprint density at radius 3 is 2.72 bits per heavy atom. The van der Waals surface area contributed by atoms with Crippen molar-refractivity contribution in [1.29, 1.82) is 0 Å². The van der Waals surface area contributed by atoms with E-state index in [0.29, 0.717) is 6.61 Å². The molecule has 0 unspecified atom stereocenters. The molecule has 0 spiro atoms. The van der Waals surface area contributed by atoms with Gasteiger partial charge in [-0.1, -0.05) is 6.42 Å². The van der Waals surface area contributed by atoms with Crippen molar-refractivity contribution in [2.24, 2.45) is 0 Å². The molecule has 0 saturated carbocycles. The highest BCUT2D eigenvalue weighted by atomic mass is 32.2. The summed E-state index contributed by atoms with van der Waals surface area (Å²) in [5.41, 5.74) is 0. The molecule has 1 aliphatic rings. The van der Waals surface area contributed by atoms with Gasteiger partial charge in [0, 0.05) is 12.0 Å². The van der Waals surface area contributed by atoms with Gasteiger partial charge in [0.15, 0.2) is 9.84 Å². The van der Waals surface area contributed by atoms with Crippen LogP contribution in [-0.2, 0) is 14.6 Å². The van der Waals surface area contributed by atoms with Gasteiger partial charge in [0.25, 0.3) is 5.17 Å². The Morgan fingerprint density at radius 1 is 1.39 bits per heavy atom. The van der Waals surface area contributed by atoms with Crippen LogP contribution in [-0.4, -0.2) is 43.7 Å². The number of rotatable bonds is 7. The third-order valence-corrected chi connectivity index (χ3v) is 4.15.